The van der Waals surface area contributed by atoms with Crippen molar-refractivity contribution in [3.05, 3.63) is 137 Å². The normalized spacial score (nSPS) is 16.6. The van der Waals surface area contributed by atoms with Crippen LogP contribution in [-0.2, 0) is 35.7 Å². The Hall–Kier alpha value is -4.93. The maximum atomic E-state index is 13.5. The highest BCUT2D eigenvalue weighted by atomic mass is 16.6. The van der Waals surface area contributed by atoms with Crippen LogP contribution in [0.1, 0.15) is 60.4 Å². The first-order chi connectivity index (χ1) is 27.0. The molecule has 5 aromatic rings. The molecule has 0 aliphatic carbocycles. The monoisotopic (exact) mass is 749 g/mol. The van der Waals surface area contributed by atoms with E-state index in [4.69, 9.17) is 23.7 Å². The van der Waals surface area contributed by atoms with Crippen LogP contribution >= 0.6 is 0 Å². The second-order valence-corrected chi connectivity index (χ2v) is 13.5. The van der Waals surface area contributed by atoms with Crippen LogP contribution in [0.3, 0.4) is 0 Å². The minimum Gasteiger partial charge on any atom is -0.496 e. The van der Waals surface area contributed by atoms with Gasteiger partial charge in [-0.2, -0.15) is 0 Å². The third kappa shape index (κ3) is 11.1. The highest BCUT2D eigenvalue weighted by Crippen LogP contribution is 2.37. The van der Waals surface area contributed by atoms with E-state index in [1.165, 1.54) is 5.56 Å². The minimum absolute atomic E-state index is 0.130. The van der Waals surface area contributed by atoms with Crippen LogP contribution < -0.4 is 14.2 Å². The topological polar surface area (TPSA) is 107 Å². The number of hydrogen-bond donors (Lipinski definition) is 2. The summed E-state index contributed by atoms with van der Waals surface area (Å²) in [4.78, 5) is 15.1. The molecule has 9 nitrogen and oxygen atoms in total. The predicted molar refractivity (Wildman–Crippen MR) is 216 cm³/mol. The number of piperidine rings is 1. The zero-order chi connectivity index (χ0) is 39.0. The maximum absolute atomic E-state index is 13.5. The molecule has 1 amide bonds. The molecule has 3 unspecified atom stereocenters. The molecule has 292 valence electrons. The number of aryl methyl sites for hydroxylation is 1. The number of unbranched alkanes of at least 4 members (excludes halogenated alkanes) is 1. The van der Waals surface area contributed by atoms with E-state index in [2.05, 4.69) is 30.3 Å². The summed E-state index contributed by atoms with van der Waals surface area (Å²) in [6, 6.07) is 35.4. The number of amides is 1. The predicted octanol–water partition coefficient (Wildman–Crippen LogP) is 8.71. The molecular formula is C46H55NO8. The van der Waals surface area contributed by atoms with Crippen LogP contribution in [0.15, 0.2) is 109 Å². The fraction of sp³-hybridized carbons (Fsp3) is 0.370. The lowest BCUT2D eigenvalue weighted by molar-refractivity contribution is -0.0474. The van der Waals surface area contributed by atoms with Gasteiger partial charge >= 0.3 is 6.09 Å². The number of methoxy groups -OCH3 is 2. The molecule has 0 saturated carbocycles. The Morgan fingerprint density at radius 2 is 1.51 bits per heavy atom. The van der Waals surface area contributed by atoms with Crippen LogP contribution in [0.2, 0.25) is 0 Å². The molecule has 2 N–H and O–H groups in total. The lowest BCUT2D eigenvalue weighted by Crippen LogP contribution is -2.53. The number of likely N-dealkylation sites (tertiary alicyclic amines) is 1. The molecule has 0 bridgehead atoms. The Morgan fingerprint density at radius 1 is 0.745 bits per heavy atom. The zero-order valence-electron chi connectivity index (χ0n) is 32.5. The third-order valence-electron chi connectivity index (χ3n) is 9.93. The summed E-state index contributed by atoms with van der Waals surface area (Å²) in [5, 5.41) is 22.3. The summed E-state index contributed by atoms with van der Waals surface area (Å²) in [5.41, 5.74) is 4.92. The molecule has 6 rings (SSSR count). The number of para-hydroxylation sites is 1. The van der Waals surface area contributed by atoms with E-state index >= 15 is 0 Å². The van der Waals surface area contributed by atoms with Crippen LogP contribution in [0.5, 0.6) is 17.2 Å². The molecule has 0 radical (unpaired) electrons. The largest absolute Gasteiger partial charge is 0.496 e. The number of ether oxygens (including phenoxy) is 5. The Balaban J connectivity index is 0.00000285. The molecule has 1 saturated heterocycles. The van der Waals surface area contributed by atoms with E-state index < -0.39 is 12.2 Å². The van der Waals surface area contributed by atoms with Crippen molar-refractivity contribution in [1.82, 2.24) is 4.90 Å². The summed E-state index contributed by atoms with van der Waals surface area (Å²) in [7, 11) is 3.34. The summed E-state index contributed by atoms with van der Waals surface area (Å²) in [6.45, 7) is 5.78. The van der Waals surface area contributed by atoms with Crippen molar-refractivity contribution >= 4 is 16.9 Å². The van der Waals surface area contributed by atoms with E-state index in [1.54, 1.807) is 43.4 Å². The number of aliphatic hydroxyl groups is 2. The zero-order valence-corrected chi connectivity index (χ0v) is 32.5. The minimum atomic E-state index is -0.528. The number of aliphatic hydroxyl groups excluding tert-OH is 2. The van der Waals surface area contributed by atoms with Crippen LogP contribution in [-0.4, -0.2) is 67.8 Å². The highest BCUT2D eigenvalue weighted by molar-refractivity contribution is 5.89. The Kier molecular flexibility index (Phi) is 15.9. The van der Waals surface area contributed by atoms with E-state index in [9.17, 15) is 15.0 Å². The second-order valence-electron chi connectivity index (χ2n) is 13.5. The molecule has 3 atom stereocenters. The number of rotatable bonds is 16. The summed E-state index contributed by atoms with van der Waals surface area (Å²) >= 11 is 0. The standard InChI is InChI=1S/C44H49NO8.C2H6/c1-49-40-16-6-4-13-36(40)30-51-21-8-7-10-31-17-19-34(20-18-31)43-37(28-47)25-45(44(48)53-38-14-9-11-32(23-38)27-46)26-42(43)52-29-33-22-35-12-3-5-15-39(35)41(24-33)50-2;1-2/h3-6,9,11-20,22-24,37,42-43,46-47H,7-8,10,21,25-30H2,1-2H3;1-2H3. The van der Waals surface area contributed by atoms with Crippen molar-refractivity contribution in [2.75, 3.05) is 40.5 Å². The van der Waals surface area contributed by atoms with Gasteiger partial charge in [-0.25, -0.2) is 4.79 Å². The SMILES string of the molecule is CC.COc1ccccc1COCCCCc1ccc(C2C(CO)CN(C(=O)Oc3cccc(CO)c3)CC2OCc2cc(OC)c3ccccc3c2)cc1. The molecule has 55 heavy (non-hydrogen) atoms. The van der Waals surface area contributed by atoms with Gasteiger partial charge in [-0.3, -0.25) is 0 Å². The maximum Gasteiger partial charge on any atom is 0.415 e. The Morgan fingerprint density at radius 3 is 2.27 bits per heavy atom. The van der Waals surface area contributed by atoms with E-state index in [0.717, 1.165) is 58.2 Å². The van der Waals surface area contributed by atoms with Crippen LogP contribution in [0, 0.1) is 5.92 Å². The Labute approximate surface area is 325 Å². The van der Waals surface area contributed by atoms with Crippen molar-refractivity contribution in [3.63, 3.8) is 0 Å². The van der Waals surface area contributed by atoms with Crippen molar-refractivity contribution in [3.8, 4) is 17.2 Å². The molecule has 9 heteroatoms. The molecule has 0 spiro atoms. The van der Waals surface area contributed by atoms with Gasteiger partial charge in [-0.05, 0) is 77.2 Å². The number of hydrogen-bond acceptors (Lipinski definition) is 8. The average molecular weight is 750 g/mol. The molecule has 5 aromatic carbocycles. The van der Waals surface area contributed by atoms with Gasteiger partial charge in [0.1, 0.15) is 17.2 Å². The first-order valence-electron chi connectivity index (χ1n) is 19.2. The number of carbonyl (C=O) groups is 1. The number of fused-ring (bicyclic) bond motifs is 1. The number of benzene rings is 5. The van der Waals surface area contributed by atoms with E-state index in [0.29, 0.717) is 37.7 Å². The van der Waals surface area contributed by atoms with E-state index in [-0.39, 0.29) is 31.6 Å². The summed E-state index contributed by atoms with van der Waals surface area (Å²) in [6.07, 6.45) is 1.90. The quantitative estimate of drug-likeness (QED) is 0.0966. The average Bonchev–Trinajstić information content (AvgIpc) is 3.24. The van der Waals surface area contributed by atoms with Crippen molar-refractivity contribution in [1.29, 1.82) is 0 Å². The van der Waals surface area contributed by atoms with Gasteiger partial charge in [0.05, 0.1) is 46.7 Å². The first kappa shape index (κ1) is 41.2. The molecule has 1 heterocycles. The van der Waals surface area contributed by atoms with Gasteiger partial charge in [0.2, 0.25) is 0 Å². The second kappa shape index (κ2) is 21.2. The van der Waals surface area contributed by atoms with Crippen molar-refractivity contribution < 1.29 is 38.7 Å². The van der Waals surface area contributed by atoms with Gasteiger partial charge in [0.25, 0.3) is 0 Å². The van der Waals surface area contributed by atoms with Crippen LogP contribution in [0.4, 0.5) is 4.79 Å². The molecule has 0 aromatic heterocycles. The smallest absolute Gasteiger partial charge is 0.415 e. The number of carbonyl (C=O) groups excluding carboxylic acids is 1. The van der Waals surface area contributed by atoms with Gasteiger partial charge in [-0.1, -0.05) is 92.7 Å². The molecule has 1 aliphatic heterocycles. The molecule has 1 aliphatic rings. The molecule has 1 fully saturated rings. The lowest BCUT2D eigenvalue weighted by atomic mass is 9.78. The van der Waals surface area contributed by atoms with E-state index in [1.807, 2.05) is 68.4 Å². The first-order valence-corrected chi connectivity index (χ1v) is 19.2. The summed E-state index contributed by atoms with van der Waals surface area (Å²) in [5.74, 6) is 1.50. The van der Waals surface area contributed by atoms with Gasteiger partial charge in [-0.15, -0.1) is 0 Å². The van der Waals surface area contributed by atoms with Gasteiger partial charge in [0, 0.05) is 42.5 Å². The highest BCUT2D eigenvalue weighted by Gasteiger charge is 2.40. The van der Waals surface area contributed by atoms with Crippen molar-refractivity contribution in [2.24, 2.45) is 5.92 Å². The fourth-order valence-corrected chi connectivity index (χ4v) is 7.18. The molecular weight excluding hydrogens is 695 g/mol. The van der Waals surface area contributed by atoms with Crippen LogP contribution in [0.25, 0.3) is 10.8 Å². The number of nitrogens with zero attached hydrogens (tertiary/aromatic N) is 1. The van der Waals surface area contributed by atoms with Gasteiger partial charge < -0.3 is 38.8 Å². The summed E-state index contributed by atoms with van der Waals surface area (Å²) < 4.78 is 29.5. The van der Waals surface area contributed by atoms with Crippen molar-refractivity contribution in [2.45, 2.75) is 65.0 Å². The Bertz CT molecular complexity index is 1930. The third-order valence-corrected chi connectivity index (χ3v) is 9.93. The fourth-order valence-electron chi connectivity index (χ4n) is 7.18. The lowest BCUT2D eigenvalue weighted by Gasteiger charge is -2.43. The van der Waals surface area contributed by atoms with Gasteiger partial charge in [0.15, 0.2) is 0 Å².